The lowest BCUT2D eigenvalue weighted by molar-refractivity contribution is 0.140. The van der Waals surface area contributed by atoms with Gasteiger partial charge >= 0.3 is 0 Å². The summed E-state index contributed by atoms with van der Waals surface area (Å²) in [7, 11) is 0. The number of unbranched alkanes of at least 4 members (excludes halogenated alkanes) is 2. The van der Waals surface area contributed by atoms with Gasteiger partial charge in [0.15, 0.2) is 0 Å². The second-order valence-electron chi connectivity index (χ2n) is 6.67. The molecule has 0 heterocycles. The van der Waals surface area contributed by atoms with Crippen LogP contribution in [0.2, 0.25) is 0 Å². The largest absolute Gasteiger partial charge is 0.388 e. The maximum Gasteiger partial charge on any atom is 0.0802 e. The molecule has 0 aliphatic heterocycles. The lowest BCUT2D eigenvalue weighted by Gasteiger charge is -2.23. The average Bonchev–Trinajstić information content (AvgIpc) is 2.54. The van der Waals surface area contributed by atoms with Gasteiger partial charge in [-0.3, -0.25) is 0 Å². The van der Waals surface area contributed by atoms with Crippen molar-refractivity contribution in [3.8, 4) is 0 Å². The molecule has 2 nitrogen and oxygen atoms in total. The molecule has 1 rings (SSSR count). The molecule has 0 bridgehead atoms. The number of rotatable bonds is 11. The van der Waals surface area contributed by atoms with Gasteiger partial charge in [-0.05, 0) is 49.4 Å². The van der Waals surface area contributed by atoms with Crippen molar-refractivity contribution in [3.05, 3.63) is 35.4 Å². The number of benzene rings is 1. The van der Waals surface area contributed by atoms with Gasteiger partial charge in [-0.15, -0.1) is 0 Å². The fraction of sp³-hybridized carbons (Fsp3) is 0.700. The smallest absolute Gasteiger partial charge is 0.0802 e. The molecule has 0 fully saturated rings. The maximum atomic E-state index is 10.4. The van der Waals surface area contributed by atoms with E-state index in [4.69, 9.17) is 0 Å². The molecule has 2 heteroatoms. The van der Waals surface area contributed by atoms with Gasteiger partial charge < -0.3 is 10.0 Å². The van der Waals surface area contributed by atoms with Crippen LogP contribution in [0, 0.1) is 0 Å². The third-order valence-corrected chi connectivity index (χ3v) is 4.36. The molecule has 0 aliphatic carbocycles. The van der Waals surface area contributed by atoms with Crippen LogP contribution in [0.15, 0.2) is 24.3 Å². The lowest BCUT2D eigenvalue weighted by atomic mass is 9.99. The second kappa shape index (κ2) is 10.8. The van der Waals surface area contributed by atoms with Crippen LogP contribution < -0.4 is 0 Å². The van der Waals surface area contributed by atoms with Gasteiger partial charge in [0.2, 0.25) is 0 Å². The van der Waals surface area contributed by atoms with Crippen LogP contribution in [-0.4, -0.2) is 29.6 Å². The Bertz CT molecular complexity index is 377. The van der Waals surface area contributed by atoms with Gasteiger partial charge in [0.05, 0.1) is 6.10 Å². The highest BCUT2D eigenvalue weighted by atomic mass is 16.3. The topological polar surface area (TPSA) is 23.5 Å². The first kappa shape index (κ1) is 19.2. The maximum absolute atomic E-state index is 10.4. The molecule has 126 valence electrons. The van der Waals surface area contributed by atoms with E-state index in [1.807, 2.05) is 0 Å². The number of hydrogen-bond donors (Lipinski definition) is 1. The van der Waals surface area contributed by atoms with E-state index in [0.717, 1.165) is 31.6 Å². The van der Waals surface area contributed by atoms with E-state index in [-0.39, 0.29) is 6.10 Å². The summed E-state index contributed by atoms with van der Waals surface area (Å²) in [4.78, 5) is 2.51. The van der Waals surface area contributed by atoms with E-state index in [9.17, 15) is 5.11 Å². The predicted octanol–water partition coefficient (Wildman–Crippen LogP) is 5.14. The number of nitrogens with zero attached hydrogens (tertiary/aromatic N) is 1. The molecule has 0 saturated heterocycles. The summed E-state index contributed by atoms with van der Waals surface area (Å²) in [6.45, 7) is 12.2. The lowest BCUT2D eigenvalue weighted by Crippen LogP contribution is -2.28. The van der Waals surface area contributed by atoms with Crippen molar-refractivity contribution in [2.45, 2.75) is 71.8 Å². The summed E-state index contributed by atoms with van der Waals surface area (Å²) in [5, 5.41) is 10.4. The SMILES string of the molecule is CCCCN(CCCC)CCC(O)c1ccc(C(C)C)cc1. The molecular formula is C20H35NO. The summed E-state index contributed by atoms with van der Waals surface area (Å²) < 4.78 is 0. The van der Waals surface area contributed by atoms with E-state index < -0.39 is 0 Å². The normalized spacial score (nSPS) is 13.0. The third kappa shape index (κ3) is 6.93. The zero-order valence-electron chi connectivity index (χ0n) is 15.0. The molecule has 1 N–H and O–H groups in total. The standard InChI is InChI=1S/C20H35NO/c1-5-7-14-21(15-8-6-2)16-13-20(22)19-11-9-18(10-12-19)17(3)4/h9-12,17,20,22H,5-8,13-16H2,1-4H3. The van der Waals surface area contributed by atoms with Gasteiger partial charge in [-0.25, -0.2) is 0 Å². The fourth-order valence-corrected chi connectivity index (χ4v) is 2.67. The summed E-state index contributed by atoms with van der Waals surface area (Å²) in [6, 6.07) is 8.47. The summed E-state index contributed by atoms with van der Waals surface area (Å²) in [6.07, 6.45) is 5.47. The van der Waals surface area contributed by atoms with E-state index in [0.29, 0.717) is 5.92 Å². The highest BCUT2D eigenvalue weighted by Crippen LogP contribution is 2.21. The summed E-state index contributed by atoms with van der Waals surface area (Å²) in [5.74, 6) is 0.546. The van der Waals surface area contributed by atoms with Gasteiger partial charge in [0.1, 0.15) is 0 Å². The molecule has 1 aromatic rings. The van der Waals surface area contributed by atoms with Crippen molar-refractivity contribution in [1.82, 2.24) is 4.90 Å². The van der Waals surface area contributed by atoms with Crippen molar-refractivity contribution in [1.29, 1.82) is 0 Å². The fourth-order valence-electron chi connectivity index (χ4n) is 2.67. The van der Waals surface area contributed by atoms with Crippen LogP contribution in [0.3, 0.4) is 0 Å². The van der Waals surface area contributed by atoms with Gasteiger partial charge in [-0.2, -0.15) is 0 Å². The van der Waals surface area contributed by atoms with Crippen LogP contribution in [0.5, 0.6) is 0 Å². The third-order valence-electron chi connectivity index (χ3n) is 4.36. The van der Waals surface area contributed by atoms with Crippen LogP contribution in [0.1, 0.15) is 82.9 Å². The molecule has 0 radical (unpaired) electrons. The Morgan fingerprint density at radius 1 is 0.864 bits per heavy atom. The van der Waals surface area contributed by atoms with Crippen molar-refractivity contribution in [3.63, 3.8) is 0 Å². The van der Waals surface area contributed by atoms with E-state index in [1.165, 1.54) is 31.2 Å². The Kier molecular flexibility index (Phi) is 9.42. The van der Waals surface area contributed by atoms with E-state index >= 15 is 0 Å². The predicted molar refractivity (Wildman–Crippen MR) is 96.4 cm³/mol. The van der Waals surface area contributed by atoms with Crippen LogP contribution in [-0.2, 0) is 0 Å². The second-order valence-corrected chi connectivity index (χ2v) is 6.67. The van der Waals surface area contributed by atoms with Crippen LogP contribution in [0.4, 0.5) is 0 Å². The molecule has 0 amide bonds. The zero-order chi connectivity index (χ0) is 16.4. The molecule has 0 aliphatic rings. The summed E-state index contributed by atoms with van der Waals surface area (Å²) >= 11 is 0. The van der Waals surface area contributed by atoms with Crippen molar-refractivity contribution >= 4 is 0 Å². The monoisotopic (exact) mass is 305 g/mol. The molecule has 1 unspecified atom stereocenters. The Labute approximate surface area is 137 Å². The Morgan fingerprint density at radius 2 is 1.36 bits per heavy atom. The van der Waals surface area contributed by atoms with Crippen LogP contribution in [0.25, 0.3) is 0 Å². The Morgan fingerprint density at radius 3 is 1.82 bits per heavy atom. The van der Waals surface area contributed by atoms with Gasteiger partial charge in [-0.1, -0.05) is 64.8 Å². The minimum atomic E-state index is -0.341. The van der Waals surface area contributed by atoms with E-state index in [1.54, 1.807) is 0 Å². The van der Waals surface area contributed by atoms with Crippen molar-refractivity contribution in [2.75, 3.05) is 19.6 Å². The molecular weight excluding hydrogens is 270 g/mol. The Balaban J connectivity index is 2.48. The first-order valence-corrected chi connectivity index (χ1v) is 9.08. The molecule has 0 aromatic heterocycles. The average molecular weight is 306 g/mol. The molecule has 1 atom stereocenters. The van der Waals surface area contributed by atoms with Crippen molar-refractivity contribution < 1.29 is 5.11 Å². The highest BCUT2D eigenvalue weighted by Gasteiger charge is 2.11. The first-order chi connectivity index (χ1) is 10.6. The van der Waals surface area contributed by atoms with Gasteiger partial charge in [0, 0.05) is 6.54 Å². The quantitative estimate of drug-likeness (QED) is 0.612. The van der Waals surface area contributed by atoms with Crippen LogP contribution >= 0.6 is 0 Å². The Hall–Kier alpha value is -0.860. The molecule has 22 heavy (non-hydrogen) atoms. The molecule has 1 aromatic carbocycles. The highest BCUT2D eigenvalue weighted by molar-refractivity contribution is 5.26. The van der Waals surface area contributed by atoms with Gasteiger partial charge in [0.25, 0.3) is 0 Å². The van der Waals surface area contributed by atoms with Crippen molar-refractivity contribution in [2.24, 2.45) is 0 Å². The first-order valence-electron chi connectivity index (χ1n) is 9.08. The molecule has 0 spiro atoms. The number of hydrogen-bond acceptors (Lipinski definition) is 2. The number of aliphatic hydroxyl groups excluding tert-OH is 1. The number of aliphatic hydroxyl groups is 1. The minimum Gasteiger partial charge on any atom is -0.388 e. The minimum absolute atomic E-state index is 0.341. The molecule has 0 saturated carbocycles. The zero-order valence-corrected chi connectivity index (χ0v) is 15.0. The summed E-state index contributed by atoms with van der Waals surface area (Å²) in [5.41, 5.74) is 2.39. The van der Waals surface area contributed by atoms with E-state index in [2.05, 4.69) is 56.9 Å².